The molecular weight excluding hydrogens is 705 g/mol. The Morgan fingerprint density at radius 2 is 1.63 bits per heavy atom. The van der Waals surface area contributed by atoms with E-state index in [1.807, 2.05) is 24.3 Å². The van der Waals surface area contributed by atoms with Gasteiger partial charge in [-0.3, -0.25) is 14.3 Å². The van der Waals surface area contributed by atoms with Crippen molar-refractivity contribution in [3.8, 4) is 0 Å². The highest BCUT2D eigenvalue weighted by molar-refractivity contribution is 9.10. The van der Waals surface area contributed by atoms with Crippen molar-refractivity contribution in [1.82, 2.24) is 34.5 Å². The monoisotopic (exact) mass is 748 g/mol. The summed E-state index contributed by atoms with van der Waals surface area (Å²) in [5, 5.41) is 2.88. The number of aromatic nitrogens is 2. The number of urea groups is 1. The van der Waals surface area contributed by atoms with E-state index in [1.54, 1.807) is 14.4 Å². The minimum atomic E-state index is -4.69. The fourth-order valence-electron chi connectivity index (χ4n) is 7.57. The Labute approximate surface area is 291 Å². The Balaban J connectivity index is 1.16. The number of fused-ring (bicyclic) bond motifs is 1. The smallest absolute Gasteiger partial charge is 0.397 e. The number of hydrogen-bond donors (Lipinski definition) is 3. The Hall–Kier alpha value is -3.56. The number of nitrogens with one attached hydrogen (secondary N) is 2. The molecule has 0 radical (unpaired) electrons. The lowest BCUT2D eigenvalue weighted by Gasteiger charge is -2.39. The van der Waals surface area contributed by atoms with Gasteiger partial charge in [0.25, 0.3) is 0 Å². The number of piperidine rings is 2. The van der Waals surface area contributed by atoms with E-state index in [4.69, 9.17) is 5.73 Å². The van der Waals surface area contributed by atoms with Crippen molar-refractivity contribution in [2.24, 2.45) is 0 Å². The molecule has 0 bridgehead atoms. The molecule has 3 amide bonds. The summed E-state index contributed by atoms with van der Waals surface area (Å²) in [5.41, 5.74) is 5.92. The van der Waals surface area contributed by atoms with Gasteiger partial charge in [0, 0.05) is 62.2 Å². The number of imidazole rings is 1. The van der Waals surface area contributed by atoms with Crippen LogP contribution in [0.5, 0.6) is 0 Å². The number of para-hydroxylation sites is 2. The van der Waals surface area contributed by atoms with Crippen LogP contribution in [0, 0.1) is 0 Å². The molecule has 3 aliphatic rings. The van der Waals surface area contributed by atoms with E-state index in [0.717, 1.165) is 62.5 Å². The number of rotatable bonds is 6. The van der Waals surface area contributed by atoms with Crippen molar-refractivity contribution in [1.29, 1.82) is 0 Å². The fourth-order valence-corrected chi connectivity index (χ4v) is 8.08. The second kappa shape index (κ2) is 14.7. The van der Waals surface area contributed by atoms with Crippen LogP contribution in [0.4, 0.5) is 23.7 Å². The van der Waals surface area contributed by atoms with Crippen LogP contribution in [0.25, 0.3) is 11.0 Å². The predicted molar refractivity (Wildman–Crippen MR) is 185 cm³/mol. The number of benzene rings is 2. The van der Waals surface area contributed by atoms with E-state index in [1.165, 1.54) is 6.07 Å². The molecule has 0 spiro atoms. The van der Waals surface area contributed by atoms with Crippen molar-refractivity contribution >= 4 is 44.6 Å². The number of nitrogens with zero attached hydrogens (tertiary/aromatic N) is 5. The molecule has 6 rings (SSSR count). The predicted octanol–water partition coefficient (Wildman–Crippen LogP) is 4.28. The topological polar surface area (TPSA) is 123 Å². The molecule has 266 valence electrons. The lowest BCUT2D eigenvalue weighted by atomic mass is 9.98. The van der Waals surface area contributed by atoms with Crippen molar-refractivity contribution in [3.05, 3.63) is 62.5 Å². The average molecular weight is 750 g/mol. The third-order valence-corrected chi connectivity index (χ3v) is 11.0. The zero-order chi connectivity index (χ0) is 34.9. The normalized spacial score (nSPS) is 20.0. The summed E-state index contributed by atoms with van der Waals surface area (Å²) >= 11 is 3.15. The van der Waals surface area contributed by atoms with E-state index in [9.17, 15) is 27.6 Å². The number of nitrogens with two attached hydrogens (primary N) is 1. The minimum Gasteiger partial charge on any atom is -0.397 e. The minimum absolute atomic E-state index is 0.0772. The fraction of sp³-hybridized carbons (Fsp3) is 0.559. The molecule has 0 aliphatic carbocycles. The molecule has 49 heavy (non-hydrogen) atoms. The zero-order valence-corrected chi connectivity index (χ0v) is 29.2. The van der Waals surface area contributed by atoms with E-state index >= 15 is 0 Å². The Morgan fingerprint density at radius 3 is 2.35 bits per heavy atom. The number of hydrogen-bond acceptors (Lipinski definition) is 6. The number of H-pyrrole nitrogens is 1. The molecule has 15 heteroatoms. The van der Waals surface area contributed by atoms with Crippen molar-refractivity contribution in [2.45, 2.75) is 62.8 Å². The number of nitrogen functional groups attached to an aromatic ring is 1. The average Bonchev–Trinajstić information content (AvgIpc) is 3.26. The van der Waals surface area contributed by atoms with E-state index in [2.05, 4.69) is 43.1 Å². The van der Waals surface area contributed by atoms with Crippen LogP contribution in [0.3, 0.4) is 0 Å². The summed E-state index contributed by atoms with van der Waals surface area (Å²) in [6.45, 7) is 5.77. The summed E-state index contributed by atoms with van der Waals surface area (Å²) in [6.07, 6.45) is -1.07. The van der Waals surface area contributed by atoms with Gasteiger partial charge in [-0.05, 0) is 98.0 Å². The molecule has 0 saturated carbocycles. The molecular formula is C34H44BrF3N8O3. The Bertz CT molecular complexity index is 1710. The van der Waals surface area contributed by atoms with Crippen LogP contribution in [0.2, 0.25) is 0 Å². The van der Waals surface area contributed by atoms with Crippen LogP contribution in [-0.4, -0.2) is 113 Å². The first-order chi connectivity index (χ1) is 23.4. The van der Waals surface area contributed by atoms with E-state index < -0.39 is 29.5 Å². The highest BCUT2D eigenvalue weighted by Crippen LogP contribution is 2.38. The third kappa shape index (κ3) is 7.93. The van der Waals surface area contributed by atoms with E-state index in [-0.39, 0.29) is 34.1 Å². The van der Waals surface area contributed by atoms with Gasteiger partial charge in [0.15, 0.2) is 0 Å². The van der Waals surface area contributed by atoms with Gasteiger partial charge in [-0.2, -0.15) is 13.2 Å². The van der Waals surface area contributed by atoms with Gasteiger partial charge in [0.05, 0.1) is 22.3 Å². The lowest BCUT2D eigenvalue weighted by Crippen LogP contribution is -2.56. The van der Waals surface area contributed by atoms with Gasteiger partial charge in [-0.25, -0.2) is 9.59 Å². The molecule has 2 aromatic carbocycles. The third-order valence-electron chi connectivity index (χ3n) is 10.3. The van der Waals surface area contributed by atoms with Crippen LogP contribution in [-0.2, 0) is 17.4 Å². The SMILES string of the molecule is CN1CCCN(C2CCN(C(=O)[C@@H](Cc3cc(Br)c(N)c(C(F)(F)F)c3)NC(=O)N3CCC(n4c(=O)[nH]c5ccccc54)CC3)CC2)CC1. The molecule has 4 heterocycles. The maximum absolute atomic E-state index is 14.1. The van der Waals surface area contributed by atoms with Gasteiger partial charge in [-0.15, -0.1) is 0 Å². The summed E-state index contributed by atoms with van der Waals surface area (Å²) in [4.78, 5) is 51.6. The van der Waals surface area contributed by atoms with Crippen LogP contribution in [0.15, 0.2) is 45.7 Å². The number of halogens is 4. The maximum atomic E-state index is 14.1. The second-order valence-electron chi connectivity index (χ2n) is 13.5. The number of likely N-dealkylation sites (tertiary alicyclic amines) is 2. The summed E-state index contributed by atoms with van der Waals surface area (Å²) in [5.74, 6) is -0.316. The number of likely N-dealkylation sites (N-methyl/N-ethyl adjacent to an activating group) is 1. The van der Waals surface area contributed by atoms with Crippen molar-refractivity contribution in [2.75, 3.05) is 65.1 Å². The molecule has 0 unspecified atom stereocenters. The van der Waals surface area contributed by atoms with Crippen LogP contribution >= 0.6 is 15.9 Å². The van der Waals surface area contributed by atoms with Gasteiger partial charge in [0.1, 0.15) is 6.04 Å². The highest BCUT2D eigenvalue weighted by Gasteiger charge is 2.37. The lowest BCUT2D eigenvalue weighted by molar-refractivity contribution is -0.137. The summed E-state index contributed by atoms with van der Waals surface area (Å²) in [6, 6.07) is 8.61. The molecule has 11 nitrogen and oxygen atoms in total. The van der Waals surface area contributed by atoms with Crippen LogP contribution in [0.1, 0.15) is 49.3 Å². The maximum Gasteiger partial charge on any atom is 0.418 e. The number of amides is 3. The molecule has 3 aliphatic heterocycles. The number of anilines is 1. The van der Waals surface area contributed by atoms with Crippen molar-refractivity contribution in [3.63, 3.8) is 0 Å². The standard InChI is InChI=1S/C34H44BrF3N8O3/c1-42-11-4-12-43(18-17-42)23-7-13-44(14-8-23)31(47)28(21-22-19-25(34(36,37)38)30(39)26(35)20-22)41-32(48)45-15-9-24(10-16-45)46-29-6-3-2-5-27(29)40-33(46)49/h2-3,5-6,19-20,23-24,28H,4,7-18,21,39H2,1H3,(H,40,49)(H,41,48)/t28-/m1/s1. The molecule has 1 aromatic heterocycles. The number of carbonyl (C=O) groups is 2. The molecule has 3 saturated heterocycles. The molecule has 3 fully saturated rings. The first kappa shape index (κ1) is 35.3. The van der Waals surface area contributed by atoms with Crippen LogP contribution < -0.4 is 16.7 Å². The highest BCUT2D eigenvalue weighted by atomic mass is 79.9. The first-order valence-electron chi connectivity index (χ1n) is 17.0. The Kier molecular flexibility index (Phi) is 10.6. The van der Waals surface area contributed by atoms with Gasteiger partial charge in [0.2, 0.25) is 5.91 Å². The molecule has 1 atom stereocenters. The summed E-state index contributed by atoms with van der Waals surface area (Å²) < 4.78 is 43.4. The van der Waals surface area contributed by atoms with Gasteiger partial charge >= 0.3 is 17.9 Å². The quantitative estimate of drug-likeness (QED) is 0.324. The first-order valence-corrected chi connectivity index (χ1v) is 17.8. The van der Waals surface area contributed by atoms with E-state index in [0.29, 0.717) is 45.1 Å². The van der Waals surface area contributed by atoms with Crippen molar-refractivity contribution < 1.29 is 22.8 Å². The second-order valence-corrected chi connectivity index (χ2v) is 14.4. The summed E-state index contributed by atoms with van der Waals surface area (Å²) in [7, 11) is 2.13. The van der Waals surface area contributed by atoms with Gasteiger partial charge < -0.3 is 30.7 Å². The Morgan fingerprint density at radius 1 is 0.959 bits per heavy atom. The molecule has 3 aromatic rings. The largest absolute Gasteiger partial charge is 0.418 e. The number of carbonyl (C=O) groups excluding carboxylic acids is 2. The number of alkyl halides is 3. The number of aromatic amines is 1. The molecule has 4 N–H and O–H groups in total. The zero-order valence-electron chi connectivity index (χ0n) is 27.6. The van der Waals surface area contributed by atoms with Gasteiger partial charge in [-0.1, -0.05) is 12.1 Å².